The topological polar surface area (TPSA) is 68.5 Å². The number of esters is 1. The van der Waals surface area contributed by atoms with Crippen molar-refractivity contribution in [2.45, 2.75) is 25.4 Å². The third-order valence-electron chi connectivity index (χ3n) is 3.42. The summed E-state index contributed by atoms with van der Waals surface area (Å²) in [4.78, 5) is 18.1. The summed E-state index contributed by atoms with van der Waals surface area (Å²) in [7, 11) is 1.42. The number of carbonyl (C=O) groups is 1. The smallest absolute Gasteiger partial charge is 0.323 e. The first-order valence-corrected chi connectivity index (χ1v) is 7.39. The molecule has 1 aliphatic heterocycles. The molecule has 2 aromatic rings. The van der Waals surface area contributed by atoms with Crippen LogP contribution in [0.1, 0.15) is 18.7 Å². The van der Waals surface area contributed by atoms with Gasteiger partial charge in [-0.05, 0) is 30.8 Å². The van der Waals surface area contributed by atoms with Gasteiger partial charge in [0.25, 0.3) is 0 Å². The number of carbonyl (C=O) groups excluding carboxylic acids is 1. The Morgan fingerprint density at radius 1 is 1.65 bits per heavy atom. The van der Waals surface area contributed by atoms with Crippen LogP contribution in [0.25, 0.3) is 11.4 Å². The zero-order valence-electron chi connectivity index (χ0n) is 11.1. The number of aromatic nitrogens is 2. The van der Waals surface area contributed by atoms with Crippen molar-refractivity contribution in [1.82, 2.24) is 15.0 Å². The fourth-order valence-corrected chi connectivity index (χ4v) is 3.05. The molecule has 1 aliphatic rings. The van der Waals surface area contributed by atoms with Crippen LogP contribution >= 0.6 is 11.3 Å². The Morgan fingerprint density at radius 2 is 2.55 bits per heavy atom. The number of ether oxygens (including phenoxy) is 1. The quantitative estimate of drug-likeness (QED) is 0.802. The molecule has 0 amide bonds. The molecule has 2 aromatic heterocycles. The largest absolute Gasteiger partial charge is 0.468 e. The molecule has 0 N–H and O–H groups in total. The molecule has 0 aromatic carbocycles. The average Bonchev–Trinajstić information content (AvgIpc) is 3.19. The van der Waals surface area contributed by atoms with Crippen LogP contribution in [-0.4, -0.2) is 40.7 Å². The van der Waals surface area contributed by atoms with Gasteiger partial charge in [0.2, 0.25) is 11.7 Å². The lowest BCUT2D eigenvalue weighted by Gasteiger charge is -2.19. The monoisotopic (exact) mass is 293 g/mol. The maximum Gasteiger partial charge on any atom is 0.323 e. The predicted octanol–water partition coefficient (Wildman–Crippen LogP) is 1.94. The van der Waals surface area contributed by atoms with Crippen molar-refractivity contribution in [2.24, 2.45) is 0 Å². The summed E-state index contributed by atoms with van der Waals surface area (Å²) in [5, 5.41) is 7.91. The molecule has 3 heterocycles. The third kappa shape index (κ3) is 2.59. The molecule has 20 heavy (non-hydrogen) atoms. The van der Waals surface area contributed by atoms with E-state index < -0.39 is 0 Å². The second kappa shape index (κ2) is 5.72. The van der Waals surface area contributed by atoms with Gasteiger partial charge in [0.15, 0.2) is 0 Å². The molecule has 0 bridgehead atoms. The number of hydrogen-bond acceptors (Lipinski definition) is 7. The van der Waals surface area contributed by atoms with Gasteiger partial charge in [-0.25, -0.2) is 0 Å². The second-order valence-electron chi connectivity index (χ2n) is 4.68. The van der Waals surface area contributed by atoms with E-state index in [9.17, 15) is 4.79 Å². The summed E-state index contributed by atoms with van der Waals surface area (Å²) in [5.74, 6) is 0.928. The minimum Gasteiger partial charge on any atom is -0.468 e. The molecule has 7 heteroatoms. The molecule has 6 nitrogen and oxygen atoms in total. The maximum atomic E-state index is 11.7. The first-order valence-electron chi connectivity index (χ1n) is 6.45. The van der Waals surface area contributed by atoms with Crippen molar-refractivity contribution >= 4 is 17.3 Å². The predicted molar refractivity (Wildman–Crippen MR) is 73.1 cm³/mol. The Bertz CT molecular complexity index is 581. The molecule has 1 atom stereocenters. The van der Waals surface area contributed by atoms with E-state index in [1.54, 1.807) is 11.3 Å². The molecule has 106 valence electrons. The second-order valence-corrected chi connectivity index (χ2v) is 5.46. The van der Waals surface area contributed by atoms with Crippen molar-refractivity contribution in [3.05, 3.63) is 22.7 Å². The van der Waals surface area contributed by atoms with E-state index >= 15 is 0 Å². The molecule has 0 unspecified atom stereocenters. The summed E-state index contributed by atoms with van der Waals surface area (Å²) in [6.45, 7) is 1.33. The van der Waals surface area contributed by atoms with Crippen LogP contribution in [-0.2, 0) is 16.1 Å². The molecule has 0 spiro atoms. The van der Waals surface area contributed by atoms with Crippen LogP contribution in [0.3, 0.4) is 0 Å². The minimum atomic E-state index is -0.198. The van der Waals surface area contributed by atoms with Crippen LogP contribution in [0.2, 0.25) is 0 Å². The zero-order chi connectivity index (χ0) is 13.9. The van der Waals surface area contributed by atoms with E-state index in [1.807, 2.05) is 21.7 Å². The fraction of sp³-hybridized carbons (Fsp3) is 0.462. The number of thiophene rings is 1. The van der Waals surface area contributed by atoms with Crippen LogP contribution in [0.5, 0.6) is 0 Å². The van der Waals surface area contributed by atoms with Crippen LogP contribution in [0.15, 0.2) is 21.3 Å². The van der Waals surface area contributed by atoms with Gasteiger partial charge in [0.05, 0.1) is 13.7 Å². The van der Waals surface area contributed by atoms with E-state index in [1.165, 1.54) is 7.11 Å². The normalized spacial score (nSPS) is 19.4. The van der Waals surface area contributed by atoms with Crippen molar-refractivity contribution in [1.29, 1.82) is 0 Å². The van der Waals surface area contributed by atoms with Gasteiger partial charge in [-0.2, -0.15) is 16.3 Å². The van der Waals surface area contributed by atoms with E-state index in [4.69, 9.17) is 9.26 Å². The molecular weight excluding hydrogens is 278 g/mol. The summed E-state index contributed by atoms with van der Waals surface area (Å²) in [6, 6.07) is 1.75. The van der Waals surface area contributed by atoms with Gasteiger partial charge < -0.3 is 9.26 Å². The standard InChI is InChI=1S/C13H15N3O3S/c1-18-13(17)10-3-2-5-16(10)7-11-14-12(15-19-11)9-4-6-20-8-9/h4,6,8,10H,2-3,5,7H2,1H3/t10-/m0/s1. The van der Waals surface area contributed by atoms with Gasteiger partial charge in [-0.1, -0.05) is 5.16 Å². The van der Waals surface area contributed by atoms with Crippen molar-refractivity contribution in [3.63, 3.8) is 0 Å². The lowest BCUT2D eigenvalue weighted by molar-refractivity contribution is -0.146. The van der Waals surface area contributed by atoms with Crippen molar-refractivity contribution < 1.29 is 14.1 Å². The summed E-state index contributed by atoms with van der Waals surface area (Å²) in [5.41, 5.74) is 0.955. The highest BCUT2D eigenvalue weighted by atomic mass is 32.1. The fourth-order valence-electron chi connectivity index (χ4n) is 2.42. The molecule has 0 saturated carbocycles. The first kappa shape index (κ1) is 13.3. The molecule has 1 saturated heterocycles. The van der Waals surface area contributed by atoms with Crippen LogP contribution in [0, 0.1) is 0 Å². The van der Waals surface area contributed by atoms with E-state index in [2.05, 4.69) is 10.1 Å². The lowest BCUT2D eigenvalue weighted by atomic mass is 10.2. The molecule has 0 aliphatic carbocycles. The van der Waals surface area contributed by atoms with Gasteiger partial charge in [0, 0.05) is 10.9 Å². The number of likely N-dealkylation sites (tertiary alicyclic amines) is 1. The highest BCUT2D eigenvalue weighted by Crippen LogP contribution is 2.22. The third-order valence-corrected chi connectivity index (χ3v) is 4.11. The maximum absolute atomic E-state index is 11.7. The average molecular weight is 293 g/mol. The molecule has 3 rings (SSSR count). The Morgan fingerprint density at radius 3 is 3.30 bits per heavy atom. The van der Waals surface area contributed by atoms with Gasteiger partial charge >= 0.3 is 5.97 Å². The van der Waals surface area contributed by atoms with Gasteiger partial charge in [-0.3, -0.25) is 9.69 Å². The van der Waals surface area contributed by atoms with E-state index in [-0.39, 0.29) is 12.0 Å². The van der Waals surface area contributed by atoms with Crippen LogP contribution < -0.4 is 0 Å². The van der Waals surface area contributed by atoms with E-state index in [0.29, 0.717) is 18.3 Å². The SMILES string of the molecule is COC(=O)[C@@H]1CCCN1Cc1nc(-c2ccsc2)no1. The highest BCUT2D eigenvalue weighted by Gasteiger charge is 2.32. The van der Waals surface area contributed by atoms with Gasteiger partial charge in [0.1, 0.15) is 6.04 Å². The molecule has 1 fully saturated rings. The number of nitrogens with zero attached hydrogens (tertiary/aromatic N) is 3. The summed E-state index contributed by atoms with van der Waals surface area (Å²) >= 11 is 1.59. The summed E-state index contributed by atoms with van der Waals surface area (Å²) in [6.07, 6.45) is 1.80. The zero-order valence-corrected chi connectivity index (χ0v) is 11.9. The number of rotatable bonds is 4. The van der Waals surface area contributed by atoms with Crippen molar-refractivity contribution in [2.75, 3.05) is 13.7 Å². The Kier molecular flexibility index (Phi) is 3.79. The number of methoxy groups -OCH3 is 1. The Balaban J connectivity index is 1.70. The summed E-state index contributed by atoms with van der Waals surface area (Å²) < 4.78 is 10.1. The highest BCUT2D eigenvalue weighted by molar-refractivity contribution is 7.08. The Labute approximate surface area is 120 Å². The first-order chi connectivity index (χ1) is 9.78. The molecular formula is C13H15N3O3S. The van der Waals surface area contributed by atoms with E-state index in [0.717, 1.165) is 24.9 Å². The van der Waals surface area contributed by atoms with Crippen LogP contribution in [0.4, 0.5) is 0 Å². The lowest BCUT2D eigenvalue weighted by Crippen LogP contribution is -2.36. The Hall–Kier alpha value is -1.73. The minimum absolute atomic E-state index is 0.194. The van der Waals surface area contributed by atoms with Gasteiger partial charge in [-0.15, -0.1) is 0 Å². The number of hydrogen-bond donors (Lipinski definition) is 0. The molecule has 0 radical (unpaired) electrons. The van der Waals surface area contributed by atoms with Crippen molar-refractivity contribution in [3.8, 4) is 11.4 Å².